The lowest BCUT2D eigenvalue weighted by Crippen LogP contribution is -1.99. The highest BCUT2D eigenvalue weighted by molar-refractivity contribution is 7.86. The zero-order chi connectivity index (χ0) is 32.3. The van der Waals surface area contributed by atoms with E-state index in [1.807, 2.05) is 0 Å². The van der Waals surface area contributed by atoms with Gasteiger partial charge in [0.15, 0.2) is 17.2 Å². The minimum atomic E-state index is -4.03. The third-order valence-electron chi connectivity index (χ3n) is 5.11. The molecule has 0 amide bonds. The van der Waals surface area contributed by atoms with Crippen molar-refractivity contribution >= 4 is 30.4 Å². The fourth-order valence-corrected chi connectivity index (χ4v) is 5.23. The fraction of sp³-hybridized carbons (Fsp3) is 0.111. The number of aromatic hydroxyl groups is 3. The predicted molar refractivity (Wildman–Crippen MR) is 154 cm³/mol. The summed E-state index contributed by atoms with van der Waals surface area (Å²) in [4.78, 5) is -0.0833. The summed E-state index contributed by atoms with van der Waals surface area (Å²) in [7, 11) is -12.1. The average Bonchev–Trinajstić information content (AvgIpc) is 2.87. The number of phenols is 3. The van der Waals surface area contributed by atoms with E-state index >= 15 is 0 Å². The van der Waals surface area contributed by atoms with Crippen molar-refractivity contribution in [1.29, 1.82) is 0 Å². The van der Waals surface area contributed by atoms with E-state index in [1.165, 1.54) is 36.4 Å². The number of aryl methyl sites for hydroxylation is 3. The lowest BCUT2D eigenvalue weighted by molar-refractivity contribution is 0.368. The number of benzene rings is 4. The predicted octanol–water partition coefficient (Wildman–Crippen LogP) is 4.53. The molecule has 228 valence electrons. The number of phenolic OH excluding ortho intramolecular Hbond substituents is 3. The maximum Gasteiger partial charge on any atom is 0.294 e. The van der Waals surface area contributed by atoms with Crippen molar-refractivity contribution in [3.63, 3.8) is 0 Å². The van der Waals surface area contributed by atoms with Gasteiger partial charge in [-0.3, -0.25) is 13.7 Å². The van der Waals surface area contributed by atoms with Crippen molar-refractivity contribution in [2.45, 2.75) is 35.5 Å². The van der Waals surface area contributed by atoms with Crippen molar-refractivity contribution in [3.05, 3.63) is 108 Å². The van der Waals surface area contributed by atoms with E-state index in [-0.39, 0.29) is 26.2 Å². The molecule has 0 fully saturated rings. The average molecular weight is 643 g/mol. The summed E-state index contributed by atoms with van der Waals surface area (Å²) >= 11 is 0. The molecule has 42 heavy (non-hydrogen) atoms. The molecular weight excluding hydrogens is 612 g/mol. The Kier molecular flexibility index (Phi) is 13.1. The first-order valence-corrected chi connectivity index (χ1v) is 15.9. The number of para-hydroxylation sites is 1. The van der Waals surface area contributed by atoms with Crippen LogP contribution in [0.5, 0.6) is 17.2 Å². The van der Waals surface area contributed by atoms with Crippen LogP contribution in [-0.4, -0.2) is 54.2 Å². The zero-order valence-corrected chi connectivity index (χ0v) is 25.0. The normalized spacial score (nSPS) is 11.0. The van der Waals surface area contributed by atoms with Crippen LogP contribution in [0.15, 0.2) is 106 Å². The van der Waals surface area contributed by atoms with E-state index in [1.54, 1.807) is 75.4 Å². The maximum atomic E-state index is 10.6. The monoisotopic (exact) mass is 642 g/mol. The molecule has 0 aliphatic carbocycles. The summed E-state index contributed by atoms with van der Waals surface area (Å²) in [5.41, 5.74) is 1.65. The van der Waals surface area contributed by atoms with Crippen molar-refractivity contribution < 1.29 is 54.2 Å². The van der Waals surface area contributed by atoms with E-state index in [2.05, 4.69) is 0 Å². The summed E-state index contributed by atoms with van der Waals surface area (Å²) in [6, 6.07) is 22.8. The molecule has 0 aliphatic rings. The smallest absolute Gasteiger partial charge is 0.294 e. The zero-order valence-electron chi connectivity index (χ0n) is 22.5. The summed E-state index contributed by atoms with van der Waals surface area (Å²) in [6.07, 6.45) is 0. The number of hydrogen-bond acceptors (Lipinski definition) is 9. The summed E-state index contributed by atoms with van der Waals surface area (Å²) in [6.45, 7) is 4.88. The minimum Gasteiger partial charge on any atom is -0.504 e. The molecule has 0 spiro atoms. The largest absolute Gasteiger partial charge is 0.504 e. The Labute approximate surface area is 244 Å². The molecule has 4 aromatic carbocycles. The quantitative estimate of drug-likeness (QED) is 0.134. The molecule has 0 bridgehead atoms. The van der Waals surface area contributed by atoms with Crippen LogP contribution >= 0.6 is 0 Å². The van der Waals surface area contributed by atoms with Gasteiger partial charge in [0.05, 0.1) is 14.7 Å². The molecule has 4 aromatic rings. The van der Waals surface area contributed by atoms with Crippen LogP contribution in [0.3, 0.4) is 0 Å². The molecule has 0 atom stereocenters. The molecule has 0 aromatic heterocycles. The standard InChI is InChI=1S/3C7H8O3S.C6H6O3/c3*1-6-4-2-3-5-7(6)11(8,9)10;7-4-2-1-3-5(8)6(4)9/h3*2-5H,1H3,(H,8,9,10);1-3,7-9H. The van der Waals surface area contributed by atoms with Gasteiger partial charge in [-0.2, -0.15) is 25.3 Å². The third kappa shape index (κ3) is 11.9. The second-order valence-corrected chi connectivity index (χ2v) is 12.5. The van der Waals surface area contributed by atoms with Gasteiger partial charge in [-0.25, -0.2) is 0 Å². The molecule has 6 N–H and O–H groups in total. The second-order valence-electron chi connectivity index (χ2n) is 8.37. The highest BCUT2D eigenvalue weighted by atomic mass is 32.2. The fourth-order valence-electron chi connectivity index (χ4n) is 3.06. The summed E-state index contributed by atoms with van der Waals surface area (Å²) < 4.78 is 89.6. The van der Waals surface area contributed by atoms with Crippen LogP contribution < -0.4 is 0 Å². The third-order valence-corrected chi connectivity index (χ3v) is 8.15. The Balaban J connectivity index is 0.000000281. The number of hydrogen-bond donors (Lipinski definition) is 6. The molecule has 4 rings (SSSR count). The van der Waals surface area contributed by atoms with Gasteiger partial charge in [0.2, 0.25) is 0 Å². The van der Waals surface area contributed by atoms with E-state index in [9.17, 15) is 25.3 Å². The van der Waals surface area contributed by atoms with Crippen molar-refractivity contribution in [2.24, 2.45) is 0 Å². The highest BCUT2D eigenvalue weighted by Crippen LogP contribution is 2.32. The minimum absolute atomic E-state index is 0.0278. The summed E-state index contributed by atoms with van der Waals surface area (Å²) in [5.74, 6) is -1.09. The van der Waals surface area contributed by atoms with Crippen molar-refractivity contribution in [3.8, 4) is 17.2 Å². The first-order valence-electron chi connectivity index (χ1n) is 11.6. The molecule has 0 saturated carbocycles. The van der Waals surface area contributed by atoms with Crippen molar-refractivity contribution in [2.75, 3.05) is 0 Å². The Bertz CT molecular complexity index is 1620. The molecule has 0 saturated heterocycles. The van der Waals surface area contributed by atoms with Gasteiger partial charge < -0.3 is 15.3 Å². The number of rotatable bonds is 3. The first-order chi connectivity index (χ1) is 19.3. The first kappa shape index (κ1) is 36.0. The molecular formula is C27H30O12S3. The molecule has 0 radical (unpaired) electrons. The molecule has 0 unspecified atom stereocenters. The molecule has 12 nitrogen and oxygen atoms in total. The Morgan fingerprint density at radius 3 is 0.810 bits per heavy atom. The van der Waals surface area contributed by atoms with E-state index in [0.717, 1.165) is 0 Å². The van der Waals surface area contributed by atoms with Crippen LogP contribution in [-0.2, 0) is 30.4 Å². The molecule has 0 heterocycles. The van der Waals surface area contributed by atoms with Crippen LogP contribution in [0, 0.1) is 20.8 Å². The lowest BCUT2D eigenvalue weighted by Gasteiger charge is -1.99. The SMILES string of the molecule is Cc1ccccc1S(=O)(=O)O.Cc1ccccc1S(=O)(=O)O.Cc1ccccc1S(=O)(=O)O.Oc1cccc(O)c1O. The van der Waals surface area contributed by atoms with Crippen LogP contribution in [0.1, 0.15) is 16.7 Å². The van der Waals surface area contributed by atoms with Crippen LogP contribution in [0.25, 0.3) is 0 Å². The maximum absolute atomic E-state index is 10.6. The van der Waals surface area contributed by atoms with Gasteiger partial charge in [-0.1, -0.05) is 60.7 Å². The Hall–Kier alpha value is -3.99. The van der Waals surface area contributed by atoms with Gasteiger partial charge >= 0.3 is 0 Å². The van der Waals surface area contributed by atoms with Gasteiger partial charge in [0.25, 0.3) is 30.4 Å². The highest BCUT2D eigenvalue weighted by Gasteiger charge is 2.12. The Morgan fingerprint density at radius 1 is 0.405 bits per heavy atom. The molecule has 0 aliphatic heterocycles. The van der Waals surface area contributed by atoms with E-state index in [4.69, 9.17) is 29.0 Å². The topological polar surface area (TPSA) is 224 Å². The Morgan fingerprint density at radius 2 is 0.643 bits per heavy atom. The van der Waals surface area contributed by atoms with Gasteiger partial charge in [-0.05, 0) is 67.8 Å². The van der Waals surface area contributed by atoms with E-state index in [0.29, 0.717) is 16.7 Å². The second kappa shape index (κ2) is 15.3. The lowest BCUT2D eigenvalue weighted by atomic mass is 10.2. The van der Waals surface area contributed by atoms with Gasteiger partial charge in [0, 0.05) is 0 Å². The van der Waals surface area contributed by atoms with Crippen molar-refractivity contribution in [1.82, 2.24) is 0 Å². The van der Waals surface area contributed by atoms with Gasteiger partial charge in [-0.15, -0.1) is 0 Å². The van der Waals surface area contributed by atoms with E-state index < -0.39 is 36.1 Å². The summed E-state index contributed by atoms with van der Waals surface area (Å²) in [5, 5.41) is 26.1. The van der Waals surface area contributed by atoms with Crippen LogP contribution in [0.2, 0.25) is 0 Å². The van der Waals surface area contributed by atoms with Crippen LogP contribution in [0.4, 0.5) is 0 Å². The van der Waals surface area contributed by atoms with Gasteiger partial charge in [0.1, 0.15) is 0 Å². The molecule has 15 heteroatoms.